The Morgan fingerprint density at radius 1 is 1.20 bits per heavy atom. The molecule has 1 N–H and O–H groups in total. The molecule has 1 rings (SSSR count). The van der Waals surface area contributed by atoms with Crippen molar-refractivity contribution >= 4 is 5.82 Å². The first-order valence-corrected chi connectivity index (χ1v) is 4.91. The molecule has 0 radical (unpaired) electrons. The number of aromatic nitrogens is 2. The van der Waals surface area contributed by atoms with E-state index in [9.17, 15) is 0 Å². The molecule has 5 heteroatoms. The summed E-state index contributed by atoms with van der Waals surface area (Å²) >= 11 is 0. The molecule has 0 saturated heterocycles. The number of likely N-dealkylation sites (N-methyl/N-ethyl adjacent to an activating group) is 2. The van der Waals surface area contributed by atoms with E-state index in [-0.39, 0.29) is 6.61 Å². The second kappa shape index (κ2) is 5.63. The SMILES string of the molecule is CN(C)CCN(C)c1cncc(CO)n1. The molecule has 15 heavy (non-hydrogen) atoms. The summed E-state index contributed by atoms with van der Waals surface area (Å²) in [7, 11) is 6.03. The van der Waals surface area contributed by atoms with E-state index >= 15 is 0 Å². The monoisotopic (exact) mass is 210 g/mol. The van der Waals surface area contributed by atoms with E-state index in [0.717, 1.165) is 18.9 Å². The predicted octanol–water partition coefficient (Wildman–Crippen LogP) is -0.0333. The lowest BCUT2D eigenvalue weighted by Crippen LogP contribution is -2.29. The summed E-state index contributed by atoms with van der Waals surface area (Å²) in [4.78, 5) is 12.4. The largest absolute Gasteiger partial charge is 0.390 e. The van der Waals surface area contributed by atoms with Crippen molar-refractivity contribution in [2.75, 3.05) is 39.1 Å². The van der Waals surface area contributed by atoms with Crippen LogP contribution in [0.2, 0.25) is 0 Å². The molecule has 0 unspecified atom stereocenters. The van der Waals surface area contributed by atoms with Crippen molar-refractivity contribution in [2.45, 2.75) is 6.61 Å². The summed E-state index contributed by atoms with van der Waals surface area (Å²) < 4.78 is 0. The van der Waals surface area contributed by atoms with Gasteiger partial charge < -0.3 is 14.9 Å². The van der Waals surface area contributed by atoms with Gasteiger partial charge in [-0.2, -0.15) is 0 Å². The molecule has 0 aliphatic heterocycles. The van der Waals surface area contributed by atoms with E-state index in [2.05, 4.69) is 14.9 Å². The van der Waals surface area contributed by atoms with Crippen LogP contribution in [-0.4, -0.2) is 54.2 Å². The van der Waals surface area contributed by atoms with E-state index in [1.165, 1.54) is 0 Å². The van der Waals surface area contributed by atoms with Crippen molar-refractivity contribution in [3.8, 4) is 0 Å². The highest BCUT2D eigenvalue weighted by Gasteiger charge is 2.04. The standard InChI is InChI=1S/C10H18N4O/c1-13(2)4-5-14(3)10-7-11-6-9(8-15)12-10/h6-7,15H,4-5,8H2,1-3H3. The maximum absolute atomic E-state index is 8.93. The molecule has 1 aromatic rings. The Kier molecular flexibility index (Phi) is 4.45. The van der Waals surface area contributed by atoms with Crippen LogP contribution in [0.25, 0.3) is 0 Å². The molecule has 0 atom stereocenters. The third-order valence-corrected chi connectivity index (χ3v) is 2.11. The minimum Gasteiger partial charge on any atom is -0.390 e. The Bertz CT molecular complexity index is 303. The van der Waals surface area contributed by atoms with Gasteiger partial charge in [0, 0.05) is 20.1 Å². The molecule has 1 aromatic heterocycles. The molecule has 0 fully saturated rings. The lowest BCUT2D eigenvalue weighted by molar-refractivity contribution is 0.276. The Balaban J connectivity index is 2.60. The van der Waals surface area contributed by atoms with E-state index in [0.29, 0.717) is 5.69 Å². The molecule has 0 aliphatic carbocycles. The van der Waals surface area contributed by atoms with Gasteiger partial charge >= 0.3 is 0 Å². The van der Waals surface area contributed by atoms with Gasteiger partial charge in [-0.3, -0.25) is 4.98 Å². The van der Waals surface area contributed by atoms with Crippen molar-refractivity contribution in [1.29, 1.82) is 0 Å². The highest BCUT2D eigenvalue weighted by Crippen LogP contribution is 2.07. The maximum Gasteiger partial charge on any atom is 0.147 e. The summed E-state index contributed by atoms with van der Waals surface area (Å²) in [5, 5.41) is 8.93. The average molecular weight is 210 g/mol. The molecule has 84 valence electrons. The lowest BCUT2D eigenvalue weighted by Gasteiger charge is -2.20. The summed E-state index contributed by atoms with van der Waals surface area (Å²) in [6.07, 6.45) is 3.28. The zero-order chi connectivity index (χ0) is 11.3. The Morgan fingerprint density at radius 2 is 1.93 bits per heavy atom. The van der Waals surface area contributed by atoms with Gasteiger partial charge in [0.25, 0.3) is 0 Å². The van der Waals surface area contributed by atoms with E-state index in [1.807, 2.05) is 26.0 Å². The Morgan fingerprint density at radius 3 is 2.53 bits per heavy atom. The first-order valence-electron chi connectivity index (χ1n) is 4.91. The van der Waals surface area contributed by atoms with Gasteiger partial charge in [-0.25, -0.2) is 4.98 Å². The predicted molar refractivity (Wildman–Crippen MR) is 59.8 cm³/mol. The first-order chi connectivity index (χ1) is 7.13. The van der Waals surface area contributed by atoms with Crippen LogP contribution in [0.4, 0.5) is 5.82 Å². The minimum absolute atomic E-state index is 0.0671. The molecule has 0 aromatic carbocycles. The molecule has 1 heterocycles. The van der Waals surface area contributed by atoms with Gasteiger partial charge in [0.2, 0.25) is 0 Å². The Hall–Kier alpha value is -1.20. The molecule has 0 saturated carbocycles. The quantitative estimate of drug-likeness (QED) is 0.739. The van der Waals surface area contributed by atoms with Crippen LogP contribution < -0.4 is 4.90 Å². The fourth-order valence-electron chi connectivity index (χ4n) is 1.12. The lowest BCUT2D eigenvalue weighted by atomic mass is 10.4. The molecule has 0 spiro atoms. The van der Waals surface area contributed by atoms with Crippen LogP contribution in [0.1, 0.15) is 5.69 Å². The van der Waals surface area contributed by atoms with Gasteiger partial charge in [0.15, 0.2) is 0 Å². The summed E-state index contributed by atoms with van der Waals surface area (Å²) in [6, 6.07) is 0. The second-order valence-corrected chi connectivity index (χ2v) is 3.75. The summed E-state index contributed by atoms with van der Waals surface area (Å²) in [5.74, 6) is 0.795. The van der Waals surface area contributed by atoms with Crippen LogP contribution in [-0.2, 0) is 6.61 Å². The van der Waals surface area contributed by atoms with Crippen LogP contribution in [0, 0.1) is 0 Å². The second-order valence-electron chi connectivity index (χ2n) is 3.75. The molecule has 0 amide bonds. The van der Waals surface area contributed by atoms with Crippen LogP contribution in [0.15, 0.2) is 12.4 Å². The maximum atomic E-state index is 8.93. The van der Waals surface area contributed by atoms with Crippen molar-refractivity contribution in [3.63, 3.8) is 0 Å². The molecular formula is C10H18N4O. The van der Waals surface area contributed by atoms with E-state index in [1.54, 1.807) is 12.4 Å². The molecule has 5 nitrogen and oxygen atoms in total. The average Bonchev–Trinajstić information content (AvgIpc) is 2.26. The van der Waals surface area contributed by atoms with Gasteiger partial charge in [0.05, 0.1) is 24.7 Å². The number of hydrogen-bond donors (Lipinski definition) is 1. The van der Waals surface area contributed by atoms with Crippen molar-refractivity contribution in [1.82, 2.24) is 14.9 Å². The summed E-state index contributed by atoms with van der Waals surface area (Å²) in [5.41, 5.74) is 0.601. The normalized spacial score (nSPS) is 10.7. The smallest absolute Gasteiger partial charge is 0.147 e. The molecular weight excluding hydrogens is 192 g/mol. The van der Waals surface area contributed by atoms with Crippen LogP contribution >= 0.6 is 0 Å². The van der Waals surface area contributed by atoms with Crippen molar-refractivity contribution in [2.24, 2.45) is 0 Å². The van der Waals surface area contributed by atoms with E-state index in [4.69, 9.17) is 5.11 Å². The highest BCUT2D eigenvalue weighted by molar-refractivity contribution is 5.34. The zero-order valence-electron chi connectivity index (χ0n) is 9.51. The van der Waals surface area contributed by atoms with Crippen LogP contribution in [0.3, 0.4) is 0 Å². The number of nitrogens with zero attached hydrogens (tertiary/aromatic N) is 4. The first kappa shape index (κ1) is 11.9. The van der Waals surface area contributed by atoms with Gasteiger partial charge in [-0.1, -0.05) is 0 Å². The number of aliphatic hydroxyl groups is 1. The zero-order valence-corrected chi connectivity index (χ0v) is 9.51. The number of anilines is 1. The van der Waals surface area contributed by atoms with Crippen molar-refractivity contribution in [3.05, 3.63) is 18.1 Å². The number of hydrogen-bond acceptors (Lipinski definition) is 5. The summed E-state index contributed by atoms with van der Waals surface area (Å²) in [6.45, 7) is 1.78. The van der Waals surface area contributed by atoms with Gasteiger partial charge in [-0.15, -0.1) is 0 Å². The number of aliphatic hydroxyl groups excluding tert-OH is 1. The fourth-order valence-corrected chi connectivity index (χ4v) is 1.12. The number of rotatable bonds is 5. The van der Waals surface area contributed by atoms with Gasteiger partial charge in [-0.05, 0) is 14.1 Å². The van der Waals surface area contributed by atoms with Crippen LogP contribution in [0.5, 0.6) is 0 Å². The van der Waals surface area contributed by atoms with Gasteiger partial charge in [0.1, 0.15) is 5.82 Å². The van der Waals surface area contributed by atoms with E-state index < -0.39 is 0 Å². The Labute approximate surface area is 90.4 Å². The topological polar surface area (TPSA) is 52.5 Å². The molecule has 0 aliphatic rings. The third-order valence-electron chi connectivity index (χ3n) is 2.11. The molecule has 0 bridgehead atoms. The highest BCUT2D eigenvalue weighted by atomic mass is 16.3. The minimum atomic E-state index is -0.0671. The fraction of sp³-hybridized carbons (Fsp3) is 0.600. The van der Waals surface area contributed by atoms with Crippen molar-refractivity contribution < 1.29 is 5.11 Å². The third kappa shape index (κ3) is 3.81.